The molecule has 1 aliphatic heterocycles. The molecule has 2 rings (SSSR count). The molecule has 1 heterocycles. The first kappa shape index (κ1) is 18.6. The number of hydrogen-bond acceptors (Lipinski definition) is 4. The zero-order chi connectivity index (χ0) is 17.5. The number of benzene rings is 1. The van der Waals surface area contributed by atoms with Gasteiger partial charge in [0.2, 0.25) is 0 Å². The molecule has 5 nitrogen and oxygen atoms in total. The fourth-order valence-corrected chi connectivity index (χ4v) is 3.28. The van der Waals surface area contributed by atoms with Gasteiger partial charge in [0, 0.05) is 19.6 Å². The summed E-state index contributed by atoms with van der Waals surface area (Å²) in [6.07, 6.45) is 2.88. The van der Waals surface area contributed by atoms with Crippen LogP contribution in [0.4, 0.5) is 0 Å². The van der Waals surface area contributed by atoms with Crippen molar-refractivity contribution in [1.82, 2.24) is 4.90 Å². The van der Waals surface area contributed by atoms with Gasteiger partial charge in [-0.3, -0.25) is 9.69 Å². The van der Waals surface area contributed by atoms with Gasteiger partial charge < -0.3 is 14.6 Å². The van der Waals surface area contributed by atoms with Gasteiger partial charge in [-0.05, 0) is 36.5 Å². The second-order valence-corrected chi connectivity index (χ2v) is 6.76. The van der Waals surface area contributed by atoms with Crippen molar-refractivity contribution in [3.63, 3.8) is 0 Å². The SMILES string of the molecule is CCCCOc1ccc(CN2CC(C)CC(C(=O)O)C2)cc1OC. The van der Waals surface area contributed by atoms with Crippen molar-refractivity contribution in [2.24, 2.45) is 11.8 Å². The molecule has 1 fully saturated rings. The standard InChI is InChI=1S/C19H29NO4/c1-4-5-8-24-17-7-6-15(10-18(17)23-3)12-20-11-14(2)9-16(13-20)19(21)22/h6-7,10,14,16H,4-5,8-9,11-13H2,1-3H3,(H,21,22). The highest BCUT2D eigenvalue weighted by atomic mass is 16.5. The zero-order valence-electron chi connectivity index (χ0n) is 15.0. The van der Waals surface area contributed by atoms with Crippen LogP contribution in [0, 0.1) is 11.8 Å². The molecule has 1 saturated heterocycles. The highest BCUT2D eigenvalue weighted by Crippen LogP contribution is 2.30. The van der Waals surface area contributed by atoms with E-state index < -0.39 is 5.97 Å². The maximum atomic E-state index is 11.3. The van der Waals surface area contributed by atoms with Crippen LogP contribution in [0.3, 0.4) is 0 Å². The van der Waals surface area contributed by atoms with E-state index in [0.717, 1.165) is 49.4 Å². The van der Waals surface area contributed by atoms with Crippen molar-refractivity contribution in [2.45, 2.75) is 39.7 Å². The quantitative estimate of drug-likeness (QED) is 0.738. The van der Waals surface area contributed by atoms with Gasteiger partial charge in [-0.25, -0.2) is 0 Å². The first-order valence-electron chi connectivity index (χ1n) is 8.78. The van der Waals surface area contributed by atoms with E-state index in [1.165, 1.54) is 0 Å². The molecule has 1 aliphatic rings. The fourth-order valence-electron chi connectivity index (χ4n) is 3.28. The van der Waals surface area contributed by atoms with E-state index in [-0.39, 0.29) is 5.92 Å². The first-order valence-corrected chi connectivity index (χ1v) is 8.78. The van der Waals surface area contributed by atoms with Crippen molar-refractivity contribution in [2.75, 3.05) is 26.8 Å². The van der Waals surface area contributed by atoms with Crippen molar-refractivity contribution in [1.29, 1.82) is 0 Å². The second kappa shape index (κ2) is 8.92. The van der Waals surface area contributed by atoms with Gasteiger partial charge in [-0.2, -0.15) is 0 Å². The molecule has 0 amide bonds. The maximum absolute atomic E-state index is 11.3. The van der Waals surface area contributed by atoms with Crippen molar-refractivity contribution >= 4 is 5.97 Å². The Kier molecular flexibility index (Phi) is 6.91. The largest absolute Gasteiger partial charge is 0.493 e. The van der Waals surface area contributed by atoms with Gasteiger partial charge in [0.15, 0.2) is 11.5 Å². The predicted molar refractivity (Wildman–Crippen MR) is 93.6 cm³/mol. The van der Waals surface area contributed by atoms with Crippen molar-refractivity contribution in [3.05, 3.63) is 23.8 Å². The van der Waals surface area contributed by atoms with Gasteiger partial charge in [0.1, 0.15) is 0 Å². The minimum atomic E-state index is -0.691. The summed E-state index contributed by atoms with van der Waals surface area (Å²) in [5.74, 6) is 0.947. The fraction of sp³-hybridized carbons (Fsp3) is 0.632. The Morgan fingerprint density at radius 3 is 2.79 bits per heavy atom. The van der Waals surface area contributed by atoms with Crippen LogP contribution < -0.4 is 9.47 Å². The highest BCUT2D eigenvalue weighted by molar-refractivity contribution is 5.70. The molecule has 2 unspecified atom stereocenters. The van der Waals surface area contributed by atoms with E-state index in [1.807, 2.05) is 18.2 Å². The summed E-state index contributed by atoms with van der Waals surface area (Å²) in [7, 11) is 1.65. The van der Waals surface area contributed by atoms with E-state index in [0.29, 0.717) is 19.1 Å². The number of ether oxygens (including phenoxy) is 2. The molecule has 5 heteroatoms. The first-order chi connectivity index (χ1) is 11.5. The Balaban J connectivity index is 2.02. The molecule has 0 bridgehead atoms. The molecule has 0 saturated carbocycles. The monoisotopic (exact) mass is 335 g/mol. The lowest BCUT2D eigenvalue weighted by atomic mass is 9.90. The Hall–Kier alpha value is -1.75. The average Bonchev–Trinajstić information content (AvgIpc) is 2.55. The van der Waals surface area contributed by atoms with Crippen molar-refractivity contribution < 1.29 is 19.4 Å². The van der Waals surface area contributed by atoms with Crippen LogP contribution >= 0.6 is 0 Å². The topological polar surface area (TPSA) is 59.0 Å². The maximum Gasteiger partial charge on any atom is 0.307 e. The predicted octanol–water partition coefficient (Wildman–Crippen LogP) is 3.42. The number of methoxy groups -OCH3 is 1. The molecule has 0 aromatic heterocycles. The molecular weight excluding hydrogens is 306 g/mol. The number of piperidine rings is 1. The molecule has 1 aromatic rings. The third-order valence-corrected chi connectivity index (χ3v) is 4.47. The normalized spacial score (nSPS) is 21.5. The minimum absolute atomic E-state index is 0.271. The van der Waals surface area contributed by atoms with Crippen molar-refractivity contribution in [3.8, 4) is 11.5 Å². The summed E-state index contributed by atoms with van der Waals surface area (Å²) in [4.78, 5) is 13.5. The summed E-state index contributed by atoms with van der Waals surface area (Å²) in [5, 5.41) is 9.30. The third kappa shape index (κ3) is 5.13. The van der Waals surface area contributed by atoms with Crippen LogP contribution in [-0.4, -0.2) is 42.8 Å². The van der Waals surface area contributed by atoms with Gasteiger partial charge in [0.25, 0.3) is 0 Å². The third-order valence-electron chi connectivity index (χ3n) is 4.47. The van der Waals surface area contributed by atoms with Crippen LogP contribution in [-0.2, 0) is 11.3 Å². The number of nitrogens with zero attached hydrogens (tertiary/aromatic N) is 1. The van der Waals surface area contributed by atoms with Crippen LogP contribution in [0.1, 0.15) is 38.7 Å². The van der Waals surface area contributed by atoms with Gasteiger partial charge in [0.05, 0.1) is 19.6 Å². The smallest absolute Gasteiger partial charge is 0.307 e. The molecule has 0 spiro atoms. The Morgan fingerprint density at radius 1 is 1.33 bits per heavy atom. The van der Waals surface area contributed by atoms with Crippen LogP contribution in [0.2, 0.25) is 0 Å². The van der Waals surface area contributed by atoms with Crippen LogP contribution in [0.15, 0.2) is 18.2 Å². The van der Waals surface area contributed by atoms with Crippen LogP contribution in [0.25, 0.3) is 0 Å². The number of likely N-dealkylation sites (tertiary alicyclic amines) is 1. The summed E-state index contributed by atoms with van der Waals surface area (Å²) in [6.45, 7) is 7.22. The van der Waals surface area contributed by atoms with E-state index in [4.69, 9.17) is 9.47 Å². The number of aliphatic carboxylic acids is 1. The Labute approximate surface area is 144 Å². The summed E-state index contributed by atoms with van der Waals surface area (Å²) < 4.78 is 11.2. The lowest BCUT2D eigenvalue weighted by molar-refractivity contribution is -0.144. The lowest BCUT2D eigenvalue weighted by Gasteiger charge is -2.34. The molecule has 1 N–H and O–H groups in total. The summed E-state index contributed by atoms with van der Waals surface area (Å²) in [6, 6.07) is 5.99. The van der Waals surface area contributed by atoms with E-state index in [1.54, 1.807) is 7.11 Å². The molecule has 0 radical (unpaired) electrons. The number of unbranched alkanes of at least 4 members (excludes halogenated alkanes) is 1. The molecular formula is C19H29NO4. The molecule has 1 aromatic carbocycles. The Bertz CT molecular complexity index is 546. The van der Waals surface area contributed by atoms with E-state index >= 15 is 0 Å². The van der Waals surface area contributed by atoms with Gasteiger partial charge in [-0.15, -0.1) is 0 Å². The zero-order valence-corrected chi connectivity index (χ0v) is 15.0. The van der Waals surface area contributed by atoms with E-state index in [2.05, 4.69) is 18.7 Å². The molecule has 24 heavy (non-hydrogen) atoms. The van der Waals surface area contributed by atoms with Gasteiger partial charge in [-0.1, -0.05) is 26.3 Å². The number of rotatable bonds is 8. The van der Waals surface area contributed by atoms with Gasteiger partial charge >= 0.3 is 5.97 Å². The number of carboxylic acids is 1. The summed E-state index contributed by atoms with van der Waals surface area (Å²) in [5.41, 5.74) is 1.12. The average molecular weight is 335 g/mol. The van der Waals surface area contributed by atoms with Crippen LogP contribution in [0.5, 0.6) is 11.5 Å². The molecule has 0 aliphatic carbocycles. The molecule has 134 valence electrons. The van der Waals surface area contributed by atoms with E-state index in [9.17, 15) is 9.90 Å². The number of carbonyl (C=O) groups is 1. The lowest BCUT2D eigenvalue weighted by Crippen LogP contribution is -2.41. The Morgan fingerprint density at radius 2 is 2.12 bits per heavy atom. The highest BCUT2D eigenvalue weighted by Gasteiger charge is 2.29. The summed E-state index contributed by atoms with van der Waals surface area (Å²) >= 11 is 0. The molecule has 2 atom stereocenters. The number of carboxylic acid groups (broad SMARTS) is 1. The minimum Gasteiger partial charge on any atom is -0.493 e. The second-order valence-electron chi connectivity index (χ2n) is 6.76. The number of hydrogen-bond donors (Lipinski definition) is 1.